The van der Waals surface area contributed by atoms with Gasteiger partial charge in [-0.2, -0.15) is 0 Å². The van der Waals surface area contributed by atoms with Crippen LogP contribution in [0.2, 0.25) is 0 Å². The monoisotopic (exact) mass is 231 g/mol. The number of hydrogen-bond donors (Lipinski definition) is 0. The highest BCUT2D eigenvalue weighted by Crippen LogP contribution is 2.27. The molecule has 1 unspecified atom stereocenters. The summed E-state index contributed by atoms with van der Waals surface area (Å²) in [4.78, 5) is 4.54. The molecule has 0 aliphatic rings. The van der Waals surface area contributed by atoms with Crippen molar-refractivity contribution < 1.29 is 4.74 Å². The van der Waals surface area contributed by atoms with Gasteiger partial charge in [-0.1, -0.05) is 18.1 Å². The van der Waals surface area contributed by atoms with Crippen molar-refractivity contribution in [2.45, 2.75) is 20.0 Å². The summed E-state index contributed by atoms with van der Waals surface area (Å²) in [5.74, 6) is 5.70. The summed E-state index contributed by atoms with van der Waals surface area (Å²) in [6.07, 6.45) is 0.0123. The van der Waals surface area contributed by atoms with Gasteiger partial charge in [0.1, 0.15) is 17.7 Å². The number of rotatable bonds is 3. The Balaban J connectivity index is 2.15. The lowest BCUT2D eigenvalue weighted by Gasteiger charge is -2.06. The largest absolute Gasteiger partial charge is 0.359 e. The van der Waals surface area contributed by atoms with E-state index in [2.05, 4.69) is 22.9 Å². The summed E-state index contributed by atoms with van der Waals surface area (Å²) in [6, 6.07) is 8.13. The van der Waals surface area contributed by atoms with Gasteiger partial charge in [-0.15, -0.1) is 17.3 Å². The molecule has 2 rings (SSSR count). The van der Waals surface area contributed by atoms with Crippen molar-refractivity contribution in [3.63, 3.8) is 0 Å². The molecule has 0 saturated carbocycles. The molecule has 0 saturated heterocycles. The van der Waals surface area contributed by atoms with Crippen LogP contribution in [0.1, 0.15) is 25.0 Å². The Bertz CT molecular complexity index is 502. The Morgan fingerprint density at radius 3 is 3.00 bits per heavy atom. The van der Waals surface area contributed by atoms with E-state index in [1.165, 1.54) is 4.70 Å². The Morgan fingerprint density at radius 1 is 1.44 bits per heavy atom. The molecular formula is C13H13NOS. The molecule has 0 bridgehead atoms. The van der Waals surface area contributed by atoms with E-state index in [4.69, 9.17) is 4.74 Å². The van der Waals surface area contributed by atoms with Crippen LogP contribution in [-0.2, 0) is 4.74 Å². The van der Waals surface area contributed by atoms with Gasteiger partial charge in [0.15, 0.2) is 0 Å². The molecule has 2 aromatic rings. The van der Waals surface area contributed by atoms with Gasteiger partial charge in [0.05, 0.1) is 10.2 Å². The molecule has 16 heavy (non-hydrogen) atoms. The third-order valence-electron chi connectivity index (χ3n) is 2.24. The Hall–Kier alpha value is -1.37. The summed E-state index contributed by atoms with van der Waals surface area (Å²) >= 11 is 1.68. The SMILES string of the molecule is CC#CCOC(C)c1nc2ccccc2s1. The highest BCUT2D eigenvalue weighted by molar-refractivity contribution is 7.18. The van der Waals surface area contributed by atoms with Gasteiger partial charge in [0.25, 0.3) is 0 Å². The molecule has 0 amide bonds. The third kappa shape index (κ3) is 2.41. The van der Waals surface area contributed by atoms with E-state index in [-0.39, 0.29) is 6.10 Å². The van der Waals surface area contributed by atoms with Crippen molar-refractivity contribution in [1.82, 2.24) is 4.98 Å². The zero-order valence-corrected chi connectivity index (χ0v) is 10.2. The van der Waals surface area contributed by atoms with Crippen LogP contribution in [0.25, 0.3) is 10.2 Å². The number of aromatic nitrogens is 1. The number of para-hydroxylation sites is 1. The number of ether oxygens (including phenoxy) is 1. The van der Waals surface area contributed by atoms with Gasteiger partial charge in [0.2, 0.25) is 0 Å². The standard InChI is InChI=1S/C13H13NOS/c1-3-4-9-15-10(2)13-14-11-7-5-6-8-12(11)16-13/h5-8,10H,9H2,1-2H3. The maximum atomic E-state index is 5.57. The van der Waals surface area contributed by atoms with Crippen LogP contribution in [-0.4, -0.2) is 11.6 Å². The van der Waals surface area contributed by atoms with Crippen molar-refractivity contribution in [2.75, 3.05) is 6.61 Å². The smallest absolute Gasteiger partial charge is 0.123 e. The lowest BCUT2D eigenvalue weighted by Crippen LogP contribution is -1.99. The molecule has 1 heterocycles. The summed E-state index contributed by atoms with van der Waals surface area (Å²) < 4.78 is 6.78. The fourth-order valence-corrected chi connectivity index (χ4v) is 2.34. The van der Waals surface area contributed by atoms with E-state index in [1.54, 1.807) is 11.3 Å². The van der Waals surface area contributed by atoms with Gasteiger partial charge >= 0.3 is 0 Å². The van der Waals surface area contributed by atoms with Crippen molar-refractivity contribution >= 4 is 21.6 Å². The molecule has 3 heteroatoms. The number of hydrogen-bond acceptors (Lipinski definition) is 3. The molecule has 2 nitrogen and oxygen atoms in total. The second kappa shape index (κ2) is 5.11. The molecule has 0 spiro atoms. The first-order chi connectivity index (χ1) is 7.81. The highest BCUT2D eigenvalue weighted by atomic mass is 32.1. The van der Waals surface area contributed by atoms with Crippen LogP contribution in [0.15, 0.2) is 24.3 Å². The second-order valence-electron chi connectivity index (χ2n) is 3.40. The molecule has 0 radical (unpaired) electrons. The first-order valence-corrected chi connectivity index (χ1v) is 5.99. The summed E-state index contributed by atoms with van der Waals surface area (Å²) in [6.45, 7) is 4.29. The van der Waals surface area contributed by atoms with Gasteiger partial charge in [-0.3, -0.25) is 0 Å². The maximum Gasteiger partial charge on any atom is 0.123 e. The molecule has 1 aromatic heterocycles. The summed E-state index contributed by atoms with van der Waals surface area (Å²) in [5.41, 5.74) is 1.04. The molecule has 0 N–H and O–H groups in total. The summed E-state index contributed by atoms with van der Waals surface area (Å²) in [5, 5.41) is 1.01. The van der Waals surface area contributed by atoms with E-state index in [1.807, 2.05) is 32.0 Å². The molecule has 0 aliphatic carbocycles. The van der Waals surface area contributed by atoms with E-state index in [0.717, 1.165) is 10.5 Å². The van der Waals surface area contributed by atoms with E-state index < -0.39 is 0 Å². The molecular weight excluding hydrogens is 218 g/mol. The van der Waals surface area contributed by atoms with Gasteiger partial charge < -0.3 is 4.74 Å². The Morgan fingerprint density at radius 2 is 2.25 bits per heavy atom. The maximum absolute atomic E-state index is 5.57. The van der Waals surface area contributed by atoms with E-state index in [0.29, 0.717) is 6.61 Å². The minimum atomic E-state index is 0.0123. The second-order valence-corrected chi connectivity index (χ2v) is 4.46. The minimum Gasteiger partial charge on any atom is -0.359 e. The molecule has 82 valence electrons. The topological polar surface area (TPSA) is 22.1 Å². The summed E-state index contributed by atoms with van der Waals surface area (Å²) in [7, 11) is 0. The lowest BCUT2D eigenvalue weighted by atomic mass is 10.3. The van der Waals surface area contributed by atoms with Crippen molar-refractivity contribution in [1.29, 1.82) is 0 Å². The van der Waals surface area contributed by atoms with Gasteiger partial charge in [-0.05, 0) is 26.0 Å². The van der Waals surface area contributed by atoms with Crippen LogP contribution in [0.3, 0.4) is 0 Å². The highest BCUT2D eigenvalue weighted by Gasteiger charge is 2.10. The predicted octanol–water partition coefficient (Wildman–Crippen LogP) is 3.40. The van der Waals surface area contributed by atoms with Crippen LogP contribution >= 0.6 is 11.3 Å². The minimum absolute atomic E-state index is 0.0123. The van der Waals surface area contributed by atoms with Gasteiger partial charge in [-0.25, -0.2) is 4.98 Å². The van der Waals surface area contributed by atoms with Crippen molar-refractivity contribution in [2.24, 2.45) is 0 Å². The third-order valence-corrected chi connectivity index (χ3v) is 3.44. The molecule has 1 aromatic carbocycles. The number of thiazole rings is 1. The van der Waals surface area contributed by atoms with Crippen LogP contribution in [0.4, 0.5) is 0 Å². The average molecular weight is 231 g/mol. The normalized spacial score (nSPS) is 12.1. The number of benzene rings is 1. The fraction of sp³-hybridized carbons (Fsp3) is 0.308. The molecule has 0 fully saturated rings. The van der Waals surface area contributed by atoms with Crippen LogP contribution < -0.4 is 0 Å². The van der Waals surface area contributed by atoms with Crippen molar-refractivity contribution in [3.05, 3.63) is 29.3 Å². The quantitative estimate of drug-likeness (QED) is 0.755. The first kappa shape index (κ1) is 11.1. The number of nitrogens with zero attached hydrogens (tertiary/aromatic N) is 1. The van der Waals surface area contributed by atoms with Crippen LogP contribution in [0.5, 0.6) is 0 Å². The zero-order valence-electron chi connectivity index (χ0n) is 9.36. The predicted molar refractivity (Wildman–Crippen MR) is 67.4 cm³/mol. The molecule has 0 aliphatic heterocycles. The van der Waals surface area contributed by atoms with Crippen LogP contribution in [0, 0.1) is 11.8 Å². The van der Waals surface area contributed by atoms with Gasteiger partial charge in [0, 0.05) is 0 Å². The average Bonchev–Trinajstić information content (AvgIpc) is 2.73. The first-order valence-electron chi connectivity index (χ1n) is 5.18. The molecule has 1 atom stereocenters. The number of fused-ring (bicyclic) bond motifs is 1. The van der Waals surface area contributed by atoms with E-state index >= 15 is 0 Å². The van der Waals surface area contributed by atoms with Crippen molar-refractivity contribution in [3.8, 4) is 11.8 Å². The zero-order chi connectivity index (χ0) is 11.4. The fourth-order valence-electron chi connectivity index (χ4n) is 1.37. The Kier molecular flexibility index (Phi) is 3.55. The van der Waals surface area contributed by atoms with E-state index in [9.17, 15) is 0 Å². The Labute approximate surface area is 99.3 Å². The lowest BCUT2D eigenvalue weighted by molar-refractivity contribution is 0.0925.